The molecule has 5 nitrogen and oxygen atoms in total. The molecule has 0 heterocycles. The third-order valence-corrected chi connectivity index (χ3v) is 10.5. The van der Waals surface area contributed by atoms with Crippen LogP contribution >= 0.6 is 0 Å². The Morgan fingerprint density at radius 2 is 1.31 bits per heavy atom. The molecular weight excluding hydrogens is 287 g/mol. The van der Waals surface area contributed by atoms with Crippen LogP contribution in [0.5, 0.6) is 0 Å². The SMILES string of the molecule is C[Si](C)(C)N(S(C)(=O)=O)S(=O)(=O)C(F)(F)F. The molecule has 0 aliphatic heterocycles. The smallest absolute Gasteiger partial charge is 0.212 e. The van der Waals surface area contributed by atoms with Gasteiger partial charge in [-0.1, -0.05) is 19.6 Å². The van der Waals surface area contributed by atoms with Gasteiger partial charge < -0.3 is 0 Å². The van der Waals surface area contributed by atoms with Crippen LogP contribution in [0.2, 0.25) is 19.6 Å². The average molecular weight is 299 g/mol. The van der Waals surface area contributed by atoms with E-state index in [1.54, 1.807) is 0 Å². The summed E-state index contributed by atoms with van der Waals surface area (Å²) in [7, 11) is -13.6. The molecule has 0 unspecified atom stereocenters. The summed E-state index contributed by atoms with van der Waals surface area (Å²) in [6, 6.07) is 0. The number of hydrogen-bond donors (Lipinski definition) is 0. The molecule has 0 atom stereocenters. The van der Waals surface area contributed by atoms with Gasteiger partial charge in [0.15, 0.2) is 8.24 Å². The van der Waals surface area contributed by atoms with Crippen LogP contribution < -0.4 is 0 Å². The predicted octanol–water partition coefficient (Wildman–Crippen LogP) is 0.933. The summed E-state index contributed by atoms with van der Waals surface area (Å²) in [5, 5.41) is 0. The summed E-state index contributed by atoms with van der Waals surface area (Å²) < 4.78 is 80.9. The lowest BCUT2D eigenvalue weighted by Gasteiger charge is -2.30. The molecule has 0 bridgehead atoms. The molecule has 0 saturated heterocycles. The molecule has 98 valence electrons. The summed E-state index contributed by atoms with van der Waals surface area (Å²) in [5.74, 6) is 0. The van der Waals surface area contributed by atoms with Crippen LogP contribution in [0.15, 0.2) is 0 Å². The van der Waals surface area contributed by atoms with Crippen LogP contribution in [0.3, 0.4) is 0 Å². The maximum Gasteiger partial charge on any atom is 0.512 e. The standard InChI is InChI=1S/C5H12F3NO4S2Si/c1-14(10,11)9(16(2,3)4)15(12,13)5(6,7)8/h1-4H3. The van der Waals surface area contributed by atoms with E-state index >= 15 is 0 Å². The zero-order chi connectivity index (χ0) is 13.6. The van der Waals surface area contributed by atoms with E-state index < -0.39 is 37.2 Å². The Bertz CT molecular complexity index is 461. The fourth-order valence-electron chi connectivity index (χ4n) is 1.13. The van der Waals surface area contributed by atoms with Gasteiger partial charge in [0.1, 0.15) is 0 Å². The van der Waals surface area contributed by atoms with Gasteiger partial charge in [0.2, 0.25) is 10.0 Å². The fraction of sp³-hybridized carbons (Fsp3) is 1.00. The van der Waals surface area contributed by atoms with Crippen molar-refractivity contribution in [3.05, 3.63) is 0 Å². The van der Waals surface area contributed by atoms with Crippen molar-refractivity contribution in [1.82, 2.24) is 3.38 Å². The van der Waals surface area contributed by atoms with Crippen molar-refractivity contribution >= 4 is 28.3 Å². The van der Waals surface area contributed by atoms with Crippen molar-refractivity contribution in [3.63, 3.8) is 0 Å². The normalized spacial score (nSPS) is 15.5. The van der Waals surface area contributed by atoms with E-state index in [1.165, 1.54) is 19.6 Å². The highest BCUT2D eigenvalue weighted by atomic mass is 32.3. The number of halogens is 3. The molecule has 0 fully saturated rings. The molecule has 0 aromatic heterocycles. The highest BCUT2D eigenvalue weighted by molar-refractivity contribution is 8.06. The number of sulfonamides is 2. The summed E-state index contributed by atoms with van der Waals surface area (Å²) in [4.78, 5) is 0. The second-order valence-electron chi connectivity index (χ2n) is 4.08. The second-order valence-corrected chi connectivity index (χ2v) is 13.4. The minimum Gasteiger partial charge on any atom is -0.212 e. The van der Waals surface area contributed by atoms with Crippen molar-refractivity contribution in [2.24, 2.45) is 0 Å². The molecule has 0 aliphatic carbocycles. The first-order chi connectivity index (χ1) is 6.62. The van der Waals surface area contributed by atoms with Gasteiger partial charge in [-0.05, 0) is 0 Å². The van der Waals surface area contributed by atoms with Crippen LogP contribution in [-0.2, 0) is 20.0 Å². The molecule has 0 rings (SSSR count). The Hall–Kier alpha value is -0.133. The first-order valence-electron chi connectivity index (χ1n) is 3.93. The molecule has 0 saturated carbocycles. The first kappa shape index (κ1) is 15.9. The molecule has 0 aliphatic rings. The van der Waals surface area contributed by atoms with E-state index in [-0.39, 0.29) is 0 Å². The van der Waals surface area contributed by atoms with Gasteiger partial charge in [-0.15, -0.1) is 3.38 Å². The average Bonchev–Trinajstić information content (AvgIpc) is 1.72. The van der Waals surface area contributed by atoms with Gasteiger partial charge in [0.05, 0.1) is 6.26 Å². The molecule has 0 aromatic rings. The Morgan fingerprint density at radius 3 is 1.38 bits per heavy atom. The lowest BCUT2D eigenvalue weighted by Crippen LogP contribution is -2.56. The minimum absolute atomic E-state index is 0.396. The van der Waals surface area contributed by atoms with Crippen molar-refractivity contribution < 1.29 is 30.0 Å². The van der Waals surface area contributed by atoms with E-state index in [0.717, 1.165) is 0 Å². The highest BCUT2D eigenvalue weighted by Crippen LogP contribution is 2.32. The molecule has 0 aromatic carbocycles. The van der Waals surface area contributed by atoms with Crippen LogP contribution in [-0.4, -0.2) is 40.2 Å². The lowest BCUT2D eigenvalue weighted by atomic mass is 11.6. The molecule has 0 amide bonds. The van der Waals surface area contributed by atoms with Crippen molar-refractivity contribution in [1.29, 1.82) is 0 Å². The maximum atomic E-state index is 12.3. The van der Waals surface area contributed by atoms with Crippen molar-refractivity contribution in [3.8, 4) is 0 Å². The van der Waals surface area contributed by atoms with Crippen LogP contribution in [0.1, 0.15) is 0 Å². The molecular formula is C5H12F3NO4S2Si. The summed E-state index contributed by atoms with van der Waals surface area (Å²) in [6.07, 6.45) is 0.439. The molecule has 0 N–H and O–H groups in total. The quantitative estimate of drug-likeness (QED) is 0.727. The van der Waals surface area contributed by atoms with Gasteiger partial charge in [0.25, 0.3) is 0 Å². The van der Waals surface area contributed by atoms with Gasteiger partial charge in [-0.3, -0.25) is 0 Å². The Kier molecular flexibility index (Phi) is 3.93. The van der Waals surface area contributed by atoms with Crippen LogP contribution in [0, 0.1) is 0 Å². The van der Waals surface area contributed by atoms with Gasteiger partial charge in [0, 0.05) is 0 Å². The highest BCUT2D eigenvalue weighted by Gasteiger charge is 2.56. The molecule has 11 heteroatoms. The Labute approximate surface area is 93.4 Å². The predicted molar refractivity (Wildman–Crippen MR) is 55.0 cm³/mol. The Morgan fingerprint density at radius 1 is 1.00 bits per heavy atom. The summed E-state index contributed by atoms with van der Waals surface area (Å²) >= 11 is 0. The fourth-order valence-corrected chi connectivity index (χ4v) is 10.2. The van der Waals surface area contributed by atoms with Crippen molar-refractivity contribution in [2.75, 3.05) is 6.26 Å². The van der Waals surface area contributed by atoms with Crippen molar-refractivity contribution in [2.45, 2.75) is 25.1 Å². The third kappa shape index (κ3) is 3.18. The first-order valence-corrected chi connectivity index (χ1v) is 10.7. The number of rotatable bonds is 3. The van der Waals surface area contributed by atoms with E-state index in [2.05, 4.69) is 0 Å². The zero-order valence-corrected chi connectivity index (χ0v) is 11.7. The van der Waals surface area contributed by atoms with Gasteiger partial charge in [-0.25, -0.2) is 16.8 Å². The summed E-state index contributed by atoms with van der Waals surface area (Å²) in [6.45, 7) is 3.58. The van der Waals surface area contributed by atoms with E-state index in [4.69, 9.17) is 0 Å². The zero-order valence-electron chi connectivity index (χ0n) is 9.03. The number of alkyl halides is 3. The number of hydrogen-bond acceptors (Lipinski definition) is 4. The third-order valence-electron chi connectivity index (χ3n) is 1.36. The lowest BCUT2D eigenvalue weighted by molar-refractivity contribution is -0.0458. The van der Waals surface area contributed by atoms with Crippen LogP contribution in [0.25, 0.3) is 0 Å². The van der Waals surface area contributed by atoms with Gasteiger partial charge >= 0.3 is 15.5 Å². The van der Waals surface area contributed by atoms with Gasteiger partial charge in [-0.2, -0.15) is 13.2 Å². The number of nitrogens with zero attached hydrogens (tertiary/aromatic N) is 1. The van der Waals surface area contributed by atoms with E-state index in [1.807, 2.05) is 0 Å². The molecule has 0 spiro atoms. The minimum atomic E-state index is -5.85. The molecule has 0 radical (unpaired) electrons. The monoisotopic (exact) mass is 299 g/mol. The summed E-state index contributed by atoms with van der Waals surface area (Å²) in [5.41, 5.74) is -5.61. The second kappa shape index (κ2) is 3.96. The molecule has 16 heavy (non-hydrogen) atoms. The van der Waals surface area contributed by atoms with E-state index in [0.29, 0.717) is 6.26 Å². The topological polar surface area (TPSA) is 71.5 Å². The largest absolute Gasteiger partial charge is 0.512 e. The van der Waals surface area contributed by atoms with E-state index in [9.17, 15) is 30.0 Å². The Balaban J connectivity index is 6.00. The van der Waals surface area contributed by atoms with Crippen LogP contribution in [0.4, 0.5) is 13.2 Å². The maximum absolute atomic E-state index is 12.3.